The molecule has 0 saturated heterocycles. The summed E-state index contributed by atoms with van der Waals surface area (Å²) in [5.41, 5.74) is 4.06. The summed E-state index contributed by atoms with van der Waals surface area (Å²) in [6.07, 6.45) is 16.1. The van der Waals surface area contributed by atoms with Crippen LogP contribution in [0.5, 0.6) is 0 Å². The summed E-state index contributed by atoms with van der Waals surface area (Å²) >= 11 is 0. The van der Waals surface area contributed by atoms with Crippen molar-refractivity contribution in [1.29, 1.82) is 0 Å². The predicted molar refractivity (Wildman–Crippen MR) is 140 cm³/mol. The molecule has 0 spiro atoms. The number of anilines is 1. The van der Waals surface area contributed by atoms with Gasteiger partial charge in [-0.25, -0.2) is 0 Å². The highest BCUT2D eigenvalue weighted by molar-refractivity contribution is 5.52. The van der Waals surface area contributed by atoms with E-state index < -0.39 is 0 Å². The van der Waals surface area contributed by atoms with E-state index in [1.165, 1.54) is 68.2 Å². The zero-order valence-electron chi connectivity index (χ0n) is 21.7. The fourth-order valence-electron chi connectivity index (χ4n) is 5.04. The Hall–Kier alpha value is -1.57. The van der Waals surface area contributed by atoms with Gasteiger partial charge in [-0.3, -0.25) is 0 Å². The second-order valence-electron chi connectivity index (χ2n) is 8.89. The molecule has 1 unspecified atom stereocenters. The van der Waals surface area contributed by atoms with Crippen LogP contribution in [-0.2, 0) is 4.79 Å². The number of allylic oxidation sites excluding steroid dienone is 2. The highest BCUT2D eigenvalue weighted by atomic mass is 16.1. The molecule has 4 rings (SSSR count). The minimum Gasteiger partial charge on any atom is -0.385 e. The Bertz CT molecular complexity index is 586. The maximum Gasteiger partial charge on any atom is 0.106 e. The Morgan fingerprint density at radius 3 is 2.13 bits per heavy atom. The first-order valence-electron chi connectivity index (χ1n) is 12.9. The van der Waals surface area contributed by atoms with Crippen LogP contribution in [0.1, 0.15) is 97.1 Å². The maximum atomic E-state index is 8.00. The van der Waals surface area contributed by atoms with E-state index in [9.17, 15) is 0 Å². The number of fused-ring (bicyclic) bond motifs is 3. The van der Waals surface area contributed by atoms with Crippen molar-refractivity contribution < 1.29 is 4.79 Å². The van der Waals surface area contributed by atoms with Crippen molar-refractivity contribution in [2.24, 2.45) is 23.7 Å². The van der Waals surface area contributed by atoms with E-state index in [0.29, 0.717) is 0 Å². The molecule has 2 bridgehead atoms. The van der Waals surface area contributed by atoms with Crippen LogP contribution in [0.15, 0.2) is 30.4 Å². The second kappa shape index (κ2) is 18.0. The van der Waals surface area contributed by atoms with Crippen molar-refractivity contribution in [3.8, 4) is 0 Å². The van der Waals surface area contributed by atoms with Crippen molar-refractivity contribution in [2.45, 2.75) is 99.8 Å². The summed E-state index contributed by atoms with van der Waals surface area (Å²) in [5, 5.41) is 3.79. The lowest BCUT2D eigenvalue weighted by atomic mass is 9.58. The van der Waals surface area contributed by atoms with Crippen molar-refractivity contribution in [3.05, 3.63) is 41.5 Å². The van der Waals surface area contributed by atoms with Gasteiger partial charge in [0.25, 0.3) is 0 Å². The number of unbranched alkanes of at least 4 members (excludes halogenated alkanes) is 2. The molecule has 178 valence electrons. The molecular formula is C29H51NO. The smallest absolute Gasteiger partial charge is 0.106 e. The first kappa shape index (κ1) is 29.4. The molecule has 2 nitrogen and oxygen atoms in total. The monoisotopic (exact) mass is 429 g/mol. The van der Waals surface area contributed by atoms with Gasteiger partial charge in [-0.05, 0) is 81.3 Å². The van der Waals surface area contributed by atoms with Gasteiger partial charge in [-0.2, -0.15) is 0 Å². The fourth-order valence-corrected chi connectivity index (χ4v) is 5.04. The van der Waals surface area contributed by atoms with E-state index >= 15 is 0 Å². The minimum absolute atomic E-state index is 0.813. The highest BCUT2D eigenvalue weighted by Crippen LogP contribution is 2.49. The molecule has 0 aliphatic heterocycles. The first-order valence-corrected chi connectivity index (χ1v) is 12.9. The number of aryl methyl sites for hydroxylation is 2. The van der Waals surface area contributed by atoms with E-state index in [1.54, 1.807) is 0 Å². The number of hydrogen-bond acceptors (Lipinski definition) is 2. The van der Waals surface area contributed by atoms with E-state index in [4.69, 9.17) is 4.79 Å². The van der Waals surface area contributed by atoms with Gasteiger partial charge in [0.1, 0.15) is 6.79 Å². The number of nitrogens with one attached hydrogen (secondary N) is 1. The molecule has 2 atom stereocenters. The zero-order valence-corrected chi connectivity index (χ0v) is 21.7. The summed E-state index contributed by atoms with van der Waals surface area (Å²) in [6.45, 7) is 18.1. The number of benzene rings is 1. The summed E-state index contributed by atoms with van der Waals surface area (Å²) in [5.74, 6) is 3.52. The fraction of sp³-hybridized carbons (Fsp3) is 0.690. The van der Waals surface area contributed by atoms with Gasteiger partial charge in [0.05, 0.1) is 0 Å². The minimum atomic E-state index is 0.813. The van der Waals surface area contributed by atoms with Crippen molar-refractivity contribution in [3.63, 3.8) is 0 Å². The van der Waals surface area contributed by atoms with Gasteiger partial charge < -0.3 is 10.1 Å². The quantitative estimate of drug-likeness (QED) is 0.346. The summed E-state index contributed by atoms with van der Waals surface area (Å²) in [4.78, 5) is 8.00. The second-order valence-corrected chi connectivity index (χ2v) is 8.89. The van der Waals surface area contributed by atoms with Crippen molar-refractivity contribution in [1.82, 2.24) is 0 Å². The van der Waals surface area contributed by atoms with Crippen LogP contribution in [-0.4, -0.2) is 13.3 Å². The number of carbonyl (C=O) groups is 1. The highest BCUT2D eigenvalue weighted by Gasteiger charge is 2.41. The number of hydrogen-bond donors (Lipinski definition) is 1. The lowest BCUT2D eigenvalue weighted by molar-refractivity contribution is -0.0979. The predicted octanol–water partition coefficient (Wildman–Crippen LogP) is 8.77. The third-order valence-electron chi connectivity index (χ3n) is 6.45. The maximum absolute atomic E-state index is 8.00. The van der Waals surface area contributed by atoms with Crippen LogP contribution in [0.2, 0.25) is 0 Å². The Balaban J connectivity index is 0.00000116. The van der Waals surface area contributed by atoms with Crippen LogP contribution in [0.3, 0.4) is 0 Å². The molecule has 3 fully saturated rings. The molecule has 0 amide bonds. The zero-order chi connectivity index (χ0) is 23.6. The molecule has 0 aromatic heterocycles. The molecule has 1 N–H and O–H groups in total. The van der Waals surface area contributed by atoms with E-state index in [2.05, 4.69) is 70.3 Å². The third kappa shape index (κ3) is 10.1. The van der Waals surface area contributed by atoms with Gasteiger partial charge in [-0.15, -0.1) is 0 Å². The normalized spacial score (nSPS) is 23.6. The van der Waals surface area contributed by atoms with Crippen molar-refractivity contribution in [2.75, 3.05) is 11.9 Å². The Morgan fingerprint density at radius 1 is 1.00 bits per heavy atom. The van der Waals surface area contributed by atoms with Crippen molar-refractivity contribution >= 4 is 12.5 Å². The average molecular weight is 430 g/mol. The van der Waals surface area contributed by atoms with E-state index in [1.807, 2.05) is 20.6 Å². The molecule has 2 heteroatoms. The largest absolute Gasteiger partial charge is 0.385 e. The molecule has 3 saturated carbocycles. The van der Waals surface area contributed by atoms with Gasteiger partial charge in [0, 0.05) is 12.2 Å². The van der Waals surface area contributed by atoms with Gasteiger partial charge in [-0.1, -0.05) is 83.7 Å². The van der Waals surface area contributed by atoms with Crippen LogP contribution < -0.4 is 5.32 Å². The molecule has 0 radical (unpaired) electrons. The lowest BCUT2D eigenvalue weighted by Gasteiger charge is -2.48. The van der Waals surface area contributed by atoms with E-state index in [0.717, 1.165) is 30.2 Å². The molecule has 3 aliphatic rings. The summed E-state index contributed by atoms with van der Waals surface area (Å²) in [7, 11) is 0. The van der Waals surface area contributed by atoms with Gasteiger partial charge in [0.2, 0.25) is 0 Å². The lowest BCUT2D eigenvalue weighted by Crippen LogP contribution is -2.42. The third-order valence-corrected chi connectivity index (χ3v) is 6.45. The van der Waals surface area contributed by atoms with Gasteiger partial charge in [0.15, 0.2) is 0 Å². The Morgan fingerprint density at radius 2 is 1.58 bits per heavy atom. The Kier molecular flexibility index (Phi) is 17.1. The average Bonchev–Trinajstić information content (AvgIpc) is 2.80. The van der Waals surface area contributed by atoms with Crippen LogP contribution >= 0.6 is 0 Å². The first-order chi connectivity index (χ1) is 15.1. The Labute approximate surface area is 194 Å². The number of carbonyl (C=O) groups excluding carboxylic acids is 1. The SMILES string of the molecule is C=O.CC.CCC.CCCC/C=C\[C@H]1C2CCC(CC2)C1CNc1ccc(C)cc1C. The van der Waals surface area contributed by atoms with Crippen LogP contribution in [0, 0.1) is 37.5 Å². The van der Waals surface area contributed by atoms with Gasteiger partial charge >= 0.3 is 0 Å². The molecule has 1 aromatic rings. The molecule has 0 heterocycles. The standard InChI is InChI=1S/C23H35N.C3H8.C2H6.CH2O/c1-4-5-6-7-8-21-19-10-12-20(13-11-19)22(21)16-24-23-14-9-17(2)15-18(23)3;1-3-2;2*1-2/h7-9,14-15,19-22,24H,4-6,10-13,16H2,1-3H3;3H2,1-2H3;1-2H3;1H2/b8-7-;;;/t19?,20?,21-,22?;;;/m0.../s1. The van der Waals surface area contributed by atoms with Crippen LogP contribution in [0.25, 0.3) is 0 Å². The summed E-state index contributed by atoms with van der Waals surface area (Å²) < 4.78 is 0. The van der Waals surface area contributed by atoms with Crippen LogP contribution in [0.4, 0.5) is 5.69 Å². The number of rotatable bonds is 7. The molecule has 3 aliphatic carbocycles. The topological polar surface area (TPSA) is 29.1 Å². The van der Waals surface area contributed by atoms with E-state index in [-0.39, 0.29) is 0 Å². The molecular weight excluding hydrogens is 378 g/mol. The molecule has 31 heavy (non-hydrogen) atoms. The molecule has 1 aromatic carbocycles. The summed E-state index contributed by atoms with van der Waals surface area (Å²) in [6, 6.07) is 6.78.